The molecule has 1 aromatic heterocycles. The fourth-order valence-electron chi connectivity index (χ4n) is 2.33. The highest BCUT2D eigenvalue weighted by atomic mass is 32.2. The van der Waals surface area contributed by atoms with Crippen molar-refractivity contribution < 1.29 is 14.7 Å². The Labute approximate surface area is 132 Å². The lowest BCUT2D eigenvalue weighted by Crippen LogP contribution is -2.51. The van der Waals surface area contributed by atoms with Crippen LogP contribution in [0.5, 0.6) is 0 Å². The SMILES string of the molecule is CC(C)C1SCC(C(=O)O)N1C(=O)NCCc1ccsc1. The van der Waals surface area contributed by atoms with Gasteiger partial charge in [0.15, 0.2) is 0 Å². The van der Waals surface area contributed by atoms with E-state index in [0.717, 1.165) is 6.42 Å². The number of carboxylic acid groups (broad SMARTS) is 1. The number of urea groups is 1. The number of thioether (sulfide) groups is 1. The number of carbonyl (C=O) groups is 2. The van der Waals surface area contributed by atoms with Gasteiger partial charge in [-0.25, -0.2) is 9.59 Å². The van der Waals surface area contributed by atoms with Crippen LogP contribution in [0.4, 0.5) is 4.79 Å². The molecule has 1 aliphatic rings. The summed E-state index contributed by atoms with van der Waals surface area (Å²) in [5, 5.41) is 16.1. The molecule has 0 spiro atoms. The van der Waals surface area contributed by atoms with E-state index >= 15 is 0 Å². The van der Waals surface area contributed by atoms with Crippen LogP contribution in [0.1, 0.15) is 19.4 Å². The van der Waals surface area contributed by atoms with E-state index in [-0.39, 0.29) is 17.3 Å². The Morgan fingerprint density at radius 3 is 2.86 bits per heavy atom. The van der Waals surface area contributed by atoms with Gasteiger partial charge in [0, 0.05) is 12.3 Å². The van der Waals surface area contributed by atoms with Crippen molar-refractivity contribution in [3.63, 3.8) is 0 Å². The van der Waals surface area contributed by atoms with E-state index in [1.165, 1.54) is 10.5 Å². The van der Waals surface area contributed by atoms with Gasteiger partial charge in [-0.15, -0.1) is 11.8 Å². The van der Waals surface area contributed by atoms with Crippen LogP contribution in [0.15, 0.2) is 16.8 Å². The molecular weight excluding hydrogens is 308 g/mol. The standard InChI is InChI=1S/C14H20N2O3S2/c1-9(2)12-16(11(8-21-12)13(17)18)14(19)15-5-3-10-4-6-20-7-10/h4,6-7,9,11-12H,3,5,8H2,1-2H3,(H,15,19)(H,17,18). The Morgan fingerprint density at radius 1 is 1.52 bits per heavy atom. The van der Waals surface area contributed by atoms with E-state index in [0.29, 0.717) is 12.3 Å². The summed E-state index contributed by atoms with van der Waals surface area (Å²) in [6.07, 6.45) is 0.764. The zero-order valence-corrected chi connectivity index (χ0v) is 13.7. The molecule has 0 bridgehead atoms. The number of hydrogen-bond donors (Lipinski definition) is 2. The minimum atomic E-state index is -0.932. The lowest BCUT2D eigenvalue weighted by molar-refractivity contribution is -0.141. The molecule has 2 unspecified atom stereocenters. The summed E-state index contributed by atoms with van der Waals surface area (Å²) in [4.78, 5) is 25.1. The van der Waals surface area contributed by atoms with Crippen LogP contribution in [0, 0.1) is 5.92 Å². The lowest BCUT2D eigenvalue weighted by atomic mass is 10.1. The first-order valence-corrected chi connectivity index (χ1v) is 8.91. The second kappa shape index (κ2) is 7.17. The molecule has 21 heavy (non-hydrogen) atoms. The molecule has 2 amide bonds. The molecule has 0 aliphatic carbocycles. The van der Waals surface area contributed by atoms with Crippen molar-refractivity contribution in [1.82, 2.24) is 10.2 Å². The van der Waals surface area contributed by atoms with Gasteiger partial charge >= 0.3 is 12.0 Å². The Hall–Kier alpha value is -1.21. The number of rotatable bonds is 5. The van der Waals surface area contributed by atoms with Gasteiger partial charge in [-0.1, -0.05) is 13.8 Å². The van der Waals surface area contributed by atoms with E-state index in [1.54, 1.807) is 23.1 Å². The van der Waals surface area contributed by atoms with Crippen LogP contribution in [-0.4, -0.2) is 45.7 Å². The van der Waals surface area contributed by atoms with Crippen LogP contribution in [0.2, 0.25) is 0 Å². The van der Waals surface area contributed by atoms with Gasteiger partial charge in [0.1, 0.15) is 6.04 Å². The third-order valence-corrected chi connectivity index (χ3v) is 5.75. The maximum Gasteiger partial charge on any atom is 0.327 e. The second-order valence-corrected chi connectivity index (χ2v) is 7.27. The first-order chi connectivity index (χ1) is 10.0. The summed E-state index contributed by atoms with van der Waals surface area (Å²) in [5.74, 6) is -0.253. The zero-order valence-electron chi connectivity index (χ0n) is 12.1. The molecule has 5 nitrogen and oxygen atoms in total. The summed E-state index contributed by atoms with van der Waals surface area (Å²) in [5.41, 5.74) is 1.19. The minimum absolute atomic E-state index is 0.0766. The zero-order chi connectivity index (χ0) is 15.4. The molecule has 0 saturated carbocycles. The molecule has 2 N–H and O–H groups in total. The molecule has 1 fully saturated rings. The number of amides is 2. The second-order valence-electron chi connectivity index (χ2n) is 5.34. The minimum Gasteiger partial charge on any atom is -0.480 e. The number of nitrogens with one attached hydrogen (secondary N) is 1. The van der Waals surface area contributed by atoms with Gasteiger partial charge in [-0.2, -0.15) is 11.3 Å². The van der Waals surface area contributed by atoms with Crippen LogP contribution in [-0.2, 0) is 11.2 Å². The highest BCUT2D eigenvalue weighted by Crippen LogP contribution is 2.33. The van der Waals surface area contributed by atoms with Crippen molar-refractivity contribution in [1.29, 1.82) is 0 Å². The first-order valence-electron chi connectivity index (χ1n) is 6.92. The topological polar surface area (TPSA) is 69.6 Å². The number of aliphatic carboxylic acids is 1. The third kappa shape index (κ3) is 3.91. The van der Waals surface area contributed by atoms with Gasteiger partial charge in [0.05, 0.1) is 5.37 Å². The van der Waals surface area contributed by atoms with Crippen molar-refractivity contribution in [3.8, 4) is 0 Å². The average molecular weight is 328 g/mol. The largest absolute Gasteiger partial charge is 0.480 e. The predicted octanol–water partition coefficient (Wildman–Crippen LogP) is 2.48. The molecule has 2 atom stereocenters. The lowest BCUT2D eigenvalue weighted by Gasteiger charge is -2.29. The summed E-state index contributed by atoms with van der Waals surface area (Å²) in [6, 6.07) is 1.02. The number of carbonyl (C=O) groups excluding carboxylic acids is 1. The van der Waals surface area contributed by atoms with Crippen LogP contribution in [0.3, 0.4) is 0 Å². The smallest absolute Gasteiger partial charge is 0.327 e. The van der Waals surface area contributed by atoms with Crippen LogP contribution < -0.4 is 5.32 Å². The van der Waals surface area contributed by atoms with Gasteiger partial charge in [-0.3, -0.25) is 4.90 Å². The molecule has 1 aromatic rings. The van der Waals surface area contributed by atoms with Crippen molar-refractivity contribution in [2.75, 3.05) is 12.3 Å². The predicted molar refractivity (Wildman–Crippen MR) is 85.8 cm³/mol. The maximum absolute atomic E-state index is 12.3. The van der Waals surface area contributed by atoms with Crippen molar-refractivity contribution in [2.45, 2.75) is 31.7 Å². The molecule has 7 heteroatoms. The van der Waals surface area contributed by atoms with Gasteiger partial charge in [-0.05, 0) is 34.7 Å². The van der Waals surface area contributed by atoms with E-state index < -0.39 is 12.0 Å². The summed E-state index contributed by atoms with van der Waals surface area (Å²) < 4.78 is 0. The monoisotopic (exact) mass is 328 g/mol. The van der Waals surface area contributed by atoms with Gasteiger partial charge in [0.25, 0.3) is 0 Å². The van der Waals surface area contributed by atoms with Crippen molar-refractivity contribution >= 4 is 35.1 Å². The molecule has 0 radical (unpaired) electrons. The molecular formula is C14H20N2O3S2. The Bertz CT molecular complexity index is 490. The fraction of sp³-hybridized carbons (Fsp3) is 0.571. The highest BCUT2D eigenvalue weighted by molar-refractivity contribution is 8.00. The molecule has 116 valence electrons. The van der Waals surface area contributed by atoms with Gasteiger partial charge < -0.3 is 10.4 Å². The maximum atomic E-state index is 12.3. The number of nitrogens with zero attached hydrogens (tertiary/aromatic N) is 1. The first kappa shape index (κ1) is 16.2. The van der Waals surface area contributed by atoms with Crippen molar-refractivity contribution in [3.05, 3.63) is 22.4 Å². The molecule has 2 heterocycles. The highest BCUT2D eigenvalue weighted by Gasteiger charge is 2.42. The fourth-order valence-corrected chi connectivity index (χ4v) is 4.50. The molecule has 2 rings (SSSR count). The summed E-state index contributed by atoms with van der Waals surface area (Å²) >= 11 is 3.17. The van der Waals surface area contributed by atoms with Crippen molar-refractivity contribution in [2.24, 2.45) is 5.92 Å². The Balaban J connectivity index is 1.94. The molecule has 1 aliphatic heterocycles. The normalized spacial score (nSPS) is 21.8. The van der Waals surface area contributed by atoms with E-state index in [1.807, 2.05) is 25.3 Å². The Kier molecular flexibility index (Phi) is 5.52. The molecule has 0 aromatic carbocycles. The van der Waals surface area contributed by atoms with Gasteiger partial charge in [0.2, 0.25) is 0 Å². The molecule has 1 saturated heterocycles. The van der Waals surface area contributed by atoms with E-state index in [2.05, 4.69) is 10.7 Å². The summed E-state index contributed by atoms with van der Waals surface area (Å²) in [6.45, 7) is 4.54. The third-order valence-electron chi connectivity index (χ3n) is 3.39. The summed E-state index contributed by atoms with van der Waals surface area (Å²) in [7, 11) is 0. The number of carboxylic acids is 1. The van der Waals surface area contributed by atoms with Crippen LogP contribution >= 0.6 is 23.1 Å². The number of hydrogen-bond acceptors (Lipinski definition) is 4. The Morgan fingerprint density at radius 2 is 2.29 bits per heavy atom. The number of thiophene rings is 1. The average Bonchev–Trinajstić information content (AvgIpc) is 3.07. The van der Waals surface area contributed by atoms with Crippen LogP contribution in [0.25, 0.3) is 0 Å². The van der Waals surface area contributed by atoms with E-state index in [9.17, 15) is 14.7 Å². The van der Waals surface area contributed by atoms with E-state index in [4.69, 9.17) is 0 Å². The quantitative estimate of drug-likeness (QED) is 0.871.